The molecule has 0 aromatic heterocycles. The normalized spacial score (nSPS) is 14.1. The first kappa shape index (κ1) is 21.1. The van der Waals surface area contributed by atoms with E-state index in [-0.39, 0.29) is 18.4 Å². The van der Waals surface area contributed by atoms with Gasteiger partial charge in [0.15, 0.2) is 0 Å². The molecule has 0 spiro atoms. The van der Waals surface area contributed by atoms with Crippen LogP contribution in [0.1, 0.15) is 24.5 Å². The third-order valence-electron chi connectivity index (χ3n) is 4.49. The predicted molar refractivity (Wildman–Crippen MR) is 115 cm³/mol. The van der Waals surface area contributed by atoms with E-state index in [1.54, 1.807) is 7.11 Å². The van der Waals surface area contributed by atoms with Crippen LogP contribution in [0.4, 0.5) is 0 Å². The van der Waals surface area contributed by atoms with Gasteiger partial charge in [0.1, 0.15) is 5.75 Å². The molecule has 1 heterocycles. The van der Waals surface area contributed by atoms with Crippen LogP contribution >= 0.6 is 11.8 Å². The summed E-state index contributed by atoms with van der Waals surface area (Å²) in [5.74, 6) is 0.843. The van der Waals surface area contributed by atoms with Crippen LogP contribution in [0.25, 0.3) is 5.57 Å². The fourth-order valence-electron chi connectivity index (χ4n) is 3.00. The third-order valence-corrected chi connectivity index (χ3v) is 5.63. The molecule has 1 aliphatic rings. The molecular weight excluding hydrogens is 386 g/mol. The number of hydrogen-bond donors (Lipinski definition) is 0. The van der Waals surface area contributed by atoms with Crippen LogP contribution < -0.4 is 4.74 Å². The van der Waals surface area contributed by atoms with Gasteiger partial charge in [-0.1, -0.05) is 49.4 Å². The van der Waals surface area contributed by atoms with Gasteiger partial charge >= 0.3 is 0 Å². The lowest BCUT2D eigenvalue weighted by molar-refractivity contribution is -0.137. The minimum atomic E-state index is -0.273. The summed E-state index contributed by atoms with van der Waals surface area (Å²) in [4.78, 5) is 27.8. The molecule has 2 aromatic carbocycles. The second-order valence-electron chi connectivity index (χ2n) is 6.61. The molecule has 1 aliphatic heterocycles. The van der Waals surface area contributed by atoms with E-state index < -0.39 is 0 Å². The van der Waals surface area contributed by atoms with Crippen molar-refractivity contribution in [2.75, 3.05) is 26.9 Å². The number of carbonyl (C=O) groups excluding carboxylic acids is 2. The Balaban J connectivity index is 1.88. The Labute approximate surface area is 175 Å². The van der Waals surface area contributed by atoms with Gasteiger partial charge in [0.05, 0.1) is 30.2 Å². The summed E-state index contributed by atoms with van der Waals surface area (Å²) in [5.41, 5.74) is 2.28. The Bertz CT molecular complexity index is 878. The molecule has 0 saturated heterocycles. The predicted octanol–water partition coefficient (Wildman–Crippen LogP) is 4.14. The van der Waals surface area contributed by atoms with Gasteiger partial charge in [0.25, 0.3) is 11.8 Å². The van der Waals surface area contributed by atoms with E-state index >= 15 is 0 Å². The molecule has 6 heteroatoms. The summed E-state index contributed by atoms with van der Waals surface area (Å²) in [6.45, 7) is 3.24. The molecule has 3 rings (SSSR count). The van der Waals surface area contributed by atoms with E-state index in [9.17, 15) is 9.59 Å². The molecule has 0 fully saturated rings. The summed E-state index contributed by atoms with van der Waals surface area (Å²) in [6.07, 6.45) is 0.925. The number of benzene rings is 2. The fourth-order valence-corrected chi connectivity index (χ4v) is 4.08. The lowest BCUT2D eigenvalue weighted by Crippen LogP contribution is -2.34. The number of amides is 2. The molecule has 0 aliphatic carbocycles. The molecular formula is C23H25NO4S. The van der Waals surface area contributed by atoms with Gasteiger partial charge in [0, 0.05) is 12.9 Å². The van der Waals surface area contributed by atoms with Crippen molar-refractivity contribution in [2.24, 2.45) is 0 Å². The maximum absolute atomic E-state index is 13.0. The van der Waals surface area contributed by atoms with Gasteiger partial charge in [0.2, 0.25) is 0 Å². The number of rotatable bonds is 10. The monoisotopic (exact) mass is 411 g/mol. The number of methoxy groups -OCH3 is 1. The highest BCUT2D eigenvalue weighted by atomic mass is 32.2. The van der Waals surface area contributed by atoms with E-state index in [0.29, 0.717) is 29.4 Å². The second-order valence-corrected chi connectivity index (χ2v) is 7.59. The number of nitrogens with zero attached hydrogens (tertiary/aromatic N) is 1. The van der Waals surface area contributed by atoms with Crippen molar-refractivity contribution in [1.82, 2.24) is 4.90 Å². The zero-order chi connectivity index (χ0) is 20.6. The van der Waals surface area contributed by atoms with Crippen molar-refractivity contribution >= 4 is 29.1 Å². The average molecular weight is 412 g/mol. The highest BCUT2D eigenvalue weighted by Crippen LogP contribution is 2.37. The standard InChI is InChI=1S/C23H25NO4S/c1-3-14-28-19-11-9-18(10-12-19)20-21(29-16-17-7-5-4-6-8-17)23(26)24(22(20)25)13-15-27-2/h4-12H,3,13-16H2,1-2H3. The van der Waals surface area contributed by atoms with E-state index in [4.69, 9.17) is 9.47 Å². The first-order valence-corrected chi connectivity index (χ1v) is 10.6. The number of thioether (sulfide) groups is 1. The Hall–Kier alpha value is -2.57. The van der Waals surface area contributed by atoms with Crippen LogP contribution in [-0.2, 0) is 20.1 Å². The quantitative estimate of drug-likeness (QED) is 0.550. The topological polar surface area (TPSA) is 55.8 Å². The molecule has 0 bridgehead atoms. The molecule has 0 atom stereocenters. The molecule has 0 unspecified atom stereocenters. The highest BCUT2D eigenvalue weighted by Gasteiger charge is 2.38. The van der Waals surface area contributed by atoms with Crippen LogP contribution in [0.3, 0.4) is 0 Å². The second kappa shape index (κ2) is 10.3. The molecule has 5 nitrogen and oxygen atoms in total. The number of hydrogen-bond acceptors (Lipinski definition) is 5. The first-order chi connectivity index (χ1) is 14.2. The Kier molecular flexibility index (Phi) is 7.49. The minimum absolute atomic E-state index is 0.241. The largest absolute Gasteiger partial charge is 0.494 e. The third kappa shape index (κ3) is 5.08. The van der Waals surface area contributed by atoms with Crippen LogP contribution in [0, 0.1) is 0 Å². The van der Waals surface area contributed by atoms with Gasteiger partial charge in [-0.25, -0.2) is 0 Å². The zero-order valence-corrected chi connectivity index (χ0v) is 17.5. The van der Waals surface area contributed by atoms with E-state index in [1.165, 1.54) is 16.7 Å². The van der Waals surface area contributed by atoms with Crippen LogP contribution in [0.15, 0.2) is 59.5 Å². The van der Waals surface area contributed by atoms with Gasteiger partial charge in [-0.2, -0.15) is 0 Å². The molecule has 0 saturated carbocycles. The smallest absolute Gasteiger partial charge is 0.268 e. The summed E-state index contributed by atoms with van der Waals surface area (Å²) < 4.78 is 10.7. The molecule has 0 N–H and O–H groups in total. The Morgan fingerprint density at radius 1 is 0.931 bits per heavy atom. The summed E-state index contributed by atoms with van der Waals surface area (Å²) in [6, 6.07) is 17.3. The minimum Gasteiger partial charge on any atom is -0.494 e. The number of ether oxygens (including phenoxy) is 2. The number of carbonyl (C=O) groups is 2. The molecule has 2 amide bonds. The highest BCUT2D eigenvalue weighted by molar-refractivity contribution is 8.03. The fraction of sp³-hybridized carbons (Fsp3) is 0.304. The van der Waals surface area contributed by atoms with Crippen molar-refractivity contribution < 1.29 is 19.1 Å². The molecule has 152 valence electrons. The maximum atomic E-state index is 13.0. The molecule has 29 heavy (non-hydrogen) atoms. The average Bonchev–Trinajstić information content (AvgIpc) is 2.99. The van der Waals surface area contributed by atoms with Crippen LogP contribution in [0.2, 0.25) is 0 Å². The maximum Gasteiger partial charge on any atom is 0.268 e. The molecule has 2 aromatic rings. The van der Waals surface area contributed by atoms with Crippen LogP contribution in [0.5, 0.6) is 5.75 Å². The number of imide groups is 1. The van der Waals surface area contributed by atoms with Gasteiger partial charge in [-0.3, -0.25) is 14.5 Å². The summed E-state index contributed by atoms with van der Waals surface area (Å²) in [5, 5.41) is 0. The van der Waals surface area contributed by atoms with E-state index in [2.05, 4.69) is 0 Å². The van der Waals surface area contributed by atoms with Crippen molar-refractivity contribution in [1.29, 1.82) is 0 Å². The zero-order valence-electron chi connectivity index (χ0n) is 16.7. The van der Waals surface area contributed by atoms with Crippen molar-refractivity contribution in [2.45, 2.75) is 19.1 Å². The van der Waals surface area contributed by atoms with Gasteiger partial charge in [-0.15, -0.1) is 11.8 Å². The van der Waals surface area contributed by atoms with Crippen molar-refractivity contribution in [3.8, 4) is 5.75 Å². The van der Waals surface area contributed by atoms with Gasteiger partial charge < -0.3 is 9.47 Å². The van der Waals surface area contributed by atoms with Crippen molar-refractivity contribution in [3.05, 3.63) is 70.6 Å². The van der Waals surface area contributed by atoms with Crippen LogP contribution in [-0.4, -0.2) is 43.6 Å². The Morgan fingerprint density at radius 3 is 2.31 bits per heavy atom. The SMILES string of the molecule is CCCOc1ccc(C2=C(SCc3ccccc3)C(=O)N(CCOC)C2=O)cc1. The lowest BCUT2D eigenvalue weighted by Gasteiger charge is -2.14. The lowest BCUT2D eigenvalue weighted by atomic mass is 10.1. The van der Waals surface area contributed by atoms with E-state index in [0.717, 1.165) is 23.3 Å². The first-order valence-electron chi connectivity index (χ1n) is 9.65. The van der Waals surface area contributed by atoms with Gasteiger partial charge in [-0.05, 0) is 29.7 Å². The van der Waals surface area contributed by atoms with Crippen molar-refractivity contribution in [3.63, 3.8) is 0 Å². The molecule has 0 radical (unpaired) electrons. The summed E-state index contributed by atoms with van der Waals surface area (Å²) >= 11 is 1.40. The van der Waals surface area contributed by atoms with E-state index in [1.807, 2.05) is 61.5 Å². The Morgan fingerprint density at radius 2 is 1.66 bits per heavy atom. The summed E-state index contributed by atoms with van der Waals surface area (Å²) in [7, 11) is 1.56.